The molecule has 0 unspecified atom stereocenters. The van der Waals surface area contributed by atoms with E-state index in [0.717, 1.165) is 13.2 Å². The lowest BCUT2D eigenvalue weighted by Gasteiger charge is -2.38. The molecular formula is C14H27N3OS2. The molecule has 1 N–H and O–H groups in total. The summed E-state index contributed by atoms with van der Waals surface area (Å²) in [6, 6.07) is 1.78. The van der Waals surface area contributed by atoms with Crippen LogP contribution in [0.25, 0.3) is 0 Å². The minimum absolute atomic E-state index is 0.530. The lowest BCUT2D eigenvalue weighted by atomic mass is 10.1. The quantitative estimate of drug-likeness (QED) is 0.812. The van der Waals surface area contributed by atoms with E-state index in [0.29, 0.717) is 18.1 Å². The van der Waals surface area contributed by atoms with Crippen LogP contribution in [0, 0.1) is 0 Å². The van der Waals surface area contributed by atoms with Gasteiger partial charge in [-0.3, -0.25) is 4.90 Å². The molecule has 3 aliphatic heterocycles. The molecule has 2 atom stereocenters. The highest BCUT2D eigenvalue weighted by molar-refractivity contribution is 8.03. The van der Waals surface area contributed by atoms with Crippen molar-refractivity contribution in [1.29, 1.82) is 0 Å². The van der Waals surface area contributed by atoms with Crippen molar-refractivity contribution in [3.8, 4) is 0 Å². The van der Waals surface area contributed by atoms with Gasteiger partial charge in [0, 0.05) is 61.3 Å². The van der Waals surface area contributed by atoms with Crippen molar-refractivity contribution in [1.82, 2.24) is 15.1 Å². The van der Waals surface area contributed by atoms with Gasteiger partial charge in [-0.15, -0.1) is 0 Å². The second-order valence-corrected chi connectivity index (χ2v) is 8.36. The summed E-state index contributed by atoms with van der Waals surface area (Å²) >= 11 is 4.20. The number of hydrogen-bond donors (Lipinski definition) is 1. The molecule has 0 spiro atoms. The Morgan fingerprint density at radius 2 is 1.70 bits per heavy atom. The summed E-state index contributed by atoms with van der Waals surface area (Å²) in [5, 5.41) is 3.89. The summed E-state index contributed by atoms with van der Waals surface area (Å²) in [5.74, 6) is 5.15. The van der Waals surface area contributed by atoms with Crippen LogP contribution in [0.15, 0.2) is 0 Å². The maximum atomic E-state index is 5.79. The standard InChI is InChI=1S/C14H27N3OS2/c1-16-2-4-17(5-3-16)14-9-18-8-13(14)15-12-10-19-6-7-20-11-12/h12-15H,2-11H2,1H3/t13-,14-/m0/s1. The molecule has 0 aliphatic carbocycles. The average molecular weight is 318 g/mol. The van der Waals surface area contributed by atoms with Crippen LogP contribution in [-0.2, 0) is 4.74 Å². The van der Waals surface area contributed by atoms with Crippen molar-refractivity contribution >= 4 is 23.5 Å². The van der Waals surface area contributed by atoms with Gasteiger partial charge < -0.3 is 15.0 Å². The van der Waals surface area contributed by atoms with Crippen LogP contribution in [0.3, 0.4) is 0 Å². The highest BCUT2D eigenvalue weighted by atomic mass is 32.2. The van der Waals surface area contributed by atoms with Gasteiger partial charge in [-0.25, -0.2) is 0 Å². The first-order valence-electron chi connectivity index (χ1n) is 7.75. The van der Waals surface area contributed by atoms with Gasteiger partial charge in [0.25, 0.3) is 0 Å². The van der Waals surface area contributed by atoms with E-state index in [1.165, 1.54) is 49.2 Å². The maximum absolute atomic E-state index is 5.79. The highest BCUT2D eigenvalue weighted by Crippen LogP contribution is 2.20. The van der Waals surface area contributed by atoms with Crippen LogP contribution in [-0.4, -0.2) is 97.4 Å². The summed E-state index contributed by atoms with van der Waals surface area (Å²) in [5.41, 5.74) is 0. The number of nitrogens with zero attached hydrogens (tertiary/aromatic N) is 2. The van der Waals surface area contributed by atoms with Crippen LogP contribution in [0.5, 0.6) is 0 Å². The number of thioether (sulfide) groups is 2. The molecule has 3 aliphatic rings. The van der Waals surface area contributed by atoms with E-state index in [2.05, 4.69) is 45.7 Å². The van der Waals surface area contributed by atoms with Crippen molar-refractivity contribution in [2.45, 2.75) is 18.1 Å². The van der Waals surface area contributed by atoms with Crippen LogP contribution in [0.2, 0.25) is 0 Å². The SMILES string of the molecule is CN1CCN([C@H]2COC[C@@H]2NC2CSCCSC2)CC1. The van der Waals surface area contributed by atoms with E-state index in [1.54, 1.807) is 0 Å². The van der Waals surface area contributed by atoms with E-state index in [9.17, 15) is 0 Å². The molecule has 0 aromatic rings. The number of rotatable bonds is 3. The Labute approximate surface area is 131 Å². The number of piperazine rings is 1. The molecule has 3 saturated heterocycles. The Balaban J connectivity index is 1.52. The molecule has 4 nitrogen and oxygen atoms in total. The third-order valence-corrected chi connectivity index (χ3v) is 7.04. The average Bonchev–Trinajstić information content (AvgIpc) is 2.75. The lowest BCUT2D eigenvalue weighted by Crippen LogP contribution is -2.57. The molecule has 0 amide bonds. The Hall–Kier alpha value is 0.540. The maximum Gasteiger partial charge on any atom is 0.0638 e. The van der Waals surface area contributed by atoms with Crippen LogP contribution in [0.4, 0.5) is 0 Å². The van der Waals surface area contributed by atoms with Gasteiger partial charge >= 0.3 is 0 Å². The summed E-state index contributed by atoms with van der Waals surface area (Å²) in [6.07, 6.45) is 0. The van der Waals surface area contributed by atoms with Gasteiger partial charge in [-0.1, -0.05) is 0 Å². The van der Waals surface area contributed by atoms with Crippen LogP contribution >= 0.6 is 23.5 Å². The predicted octanol–water partition coefficient (Wildman–Crippen LogP) is 0.439. The van der Waals surface area contributed by atoms with E-state index >= 15 is 0 Å². The Morgan fingerprint density at radius 1 is 1.00 bits per heavy atom. The van der Waals surface area contributed by atoms with Gasteiger partial charge in [-0.05, 0) is 7.05 Å². The normalized spacial score (nSPS) is 35.2. The molecule has 116 valence electrons. The molecule has 3 fully saturated rings. The fraction of sp³-hybridized carbons (Fsp3) is 1.00. The Morgan fingerprint density at radius 3 is 2.40 bits per heavy atom. The summed E-state index contributed by atoms with van der Waals surface area (Å²) in [7, 11) is 2.22. The topological polar surface area (TPSA) is 27.7 Å². The number of ether oxygens (including phenoxy) is 1. The van der Waals surface area contributed by atoms with Gasteiger partial charge in [-0.2, -0.15) is 23.5 Å². The molecule has 3 heterocycles. The minimum Gasteiger partial charge on any atom is -0.378 e. The predicted molar refractivity (Wildman–Crippen MR) is 89.0 cm³/mol. The molecule has 3 rings (SSSR count). The second kappa shape index (κ2) is 7.70. The first-order valence-corrected chi connectivity index (χ1v) is 10.1. The zero-order valence-electron chi connectivity index (χ0n) is 12.4. The van der Waals surface area contributed by atoms with E-state index in [1.807, 2.05) is 0 Å². The number of hydrogen-bond acceptors (Lipinski definition) is 6. The minimum atomic E-state index is 0.530. The van der Waals surface area contributed by atoms with Crippen molar-refractivity contribution < 1.29 is 4.74 Å². The highest BCUT2D eigenvalue weighted by Gasteiger charge is 2.35. The van der Waals surface area contributed by atoms with Crippen molar-refractivity contribution in [3.05, 3.63) is 0 Å². The fourth-order valence-electron chi connectivity index (χ4n) is 3.23. The number of likely N-dealkylation sites (N-methyl/N-ethyl adjacent to an activating group) is 1. The first-order chi connectivity index (χ1) is 9.83. The summed E-state index contributed by atoms with van der Waals surface area (Å²) in [4.78, 5) is 5.06. The summed E-state index contributed by atoms with van der Waals surface area (Å²) in [6.45, 7) is 6.57. The van der Waals surface area contributed by atoms with Crippen molar-refractivity contribution in [2.24, 2.45) is 0 Å². The zero-order valence-corrected chi connectivity index (χ0v) is 14.1. The lowest BCUT2D eigenvalue weighted by molar-refractivity contribution is 0.0909. The van der Waals surface area contributed by atoms with E-state index in [4.69, 9.17) is 4.74 Å². The molecule has 0 radical (unpaired) electrons. The molecule has 0 saturated carbocycles. The number of nitrogens with one attached hydrogen (secondary N) is 1. The van der Waals surface area contributed by atoms with Gasteiger partial charge in [0.2, 0.25) is 0 Å². The summed E-state index contributed by atoms with van der Waals surface area (Å²) < 4.78 is 5.79. The van der Waals surface area contributed by atoms with Gasteiger partial charge in [0.05, 0.1) is 19.3 Å². The third kappa shape index (κ3) is 4.05. The fourth-order valence-corrected chi connectivity index (χ4v) is 5.65. The largest absolute Gasteiger partial charge is 0.378 e. The Bertz CT molecular complexity index is 292. The molecule has 0 aromatic heterocycles. The van der Waals surface area contributed by atoms with Gasteiger partial charge in [0.1, 0.15) is 0 Å². The second-order valence-electron chi connectivity index (χ2n) is 6.06. The molecule has 0 bridgehead atoms. The van der Waals surface area contributed by atoms with Gasteiger partial charge in [0.15, 0.2) is 0 Å². The first kappa shape index (κ1) is 15.4. The van der Waals surface area contributed by atoms with E-state index < -0.39 is 0 Å². The molecular weight excluding hydrogens is 290 g/mol. The van der Waals surface area contributed by atoms with Crippen LogP contribution in [0.1, 0.15) is 0 Å². The molecule has 0 aromatic carbocycles. The Kier molecular flexibility index (Phi) is 5.94. The van der Waals surface area contributed by atoms with Crippen LogP contribution < -0.4 is 5.32 Å². The zero-order chi connectivity index (χ0) is 13.8. The third-order valence-electron chi connectivity index (χ3n) is 4.52. The van der Waals surface area contributed by atoms with Crippen molar-refractivity contribution in [2.75, 3.05) is 69.5 Å². The van der Waals surface area contributed by atoms with Crippen molar-refractivity contribution in [3.63, 3.8) is 0 Å². The smallest absolute Gasteiger partial charge is 0.0638 e. The monoisotopic (exact) mass is 317 g/mol. The van der Waals surface area contributed by atoms with E-state index in [-0.39, 0.29) is 0 Å². The molecule has 6 heteroatoms. The molecule has 20 heavy (non-hydrogen) atoms.